The summed E-state index contributed by atoms with van der Waals surface area (Å²) in [5.41, 5.74) is 0. The first kappa shape index (κ1) is 33.1. The quantitative estimate of drug-likeness (QED) is 0.312. The molecule has 0 aromatic rings. The molecule has 2 saturated heterocycles. The molecule has 0 bridgehead atoms. The van der Waals surface area contributed by atoms with Gasteiger partial charge in [-0.25, -0.2) is 0 Å². The van der Waals surface area contributed by atoms with Gasteiger partial charge in [0, 0.05) is 21.1 Å². The van der Waals surface area contributed by atoms with Crippen LogP contribution in [0.3, 0.4) is 0 Å². The van der Waals surface area contributed by atoms with E-state index in [9.17, 15) is 0 Å². The molecule has 0 aromatic carbocycles. The third-order valence-corrected chi connectivity index (χ3v) is 9.97. The number of hydrogen-bond acceptors (Lipinski definition) is 4. The molecule has 3 rings (SSSR count). The second-order valence-electron chi connectivity index (χ2n) is 8.98. The van der Waals surface area contributed by atoms with Gasteiger partial charge in [-0.1, -0.05) is 20.8 Å². The van der Waals surface area contributed by atoms with Crippen molar-refractivity contribution < 1.29 is 53.7 Å². The first-order valence-corrected chi connectivity index (χ1v) is 12.4. The summed E-state index contributed by atoms with van der Waals surface area (Å²) in [5.74, 6) is 0.651. The fourth-order valence-corrected chi connectivity index (χ4v) is 4.47. The molecule has 7 nitrogen and oxygen atoms in total. The molecule has 0 amide bonds. The zero-order valence-electron chi connectivity index (χ0n) is 19.1. The summed E-state index contributed by atoms with van der Waals surface area (Å²) in [6.45, 7) is 28.7. The second kappa shape index (κ2) is 14.3. The fraction of sp³-hybridized carbons (Fsp3) is 0.636. The third kappa shape index (κ3) is 9.02. The van der Waals surface area contributed by atoms with Crippen LogP contribution in [0.15, 0.2) is 0 Å². The Kier molecular flexibility index (Phi) is 15.3. The summed E-state index contributed by atoms with van der Waals surface area (Å²) < 4.78 is 47.5. The van der Waals surface area contributed by atoms with E-state index in [4.69, 9.17) is 32.6 Å². The minimum Gasteiger partial charge on any atom is 0 e. The number of fused-ring (bicyclic) bond motifs is 1. The zero-order valence-corrected chi connectivity index (χ0v) is 22.1. The Morgan fingerprint density at radius 2 is 1.48 bits per heavy atom. The van der Waals surface area contributed by atoms with Gasteiger partial charge in [-0.05, 0) is 70.0 Å². The number of hydrogen-bond donors (Lipinski definition) is 0. The fourth-order valence-electron chi connectivity index (χ4n) is 3.15. The van der Waals surface area contributed by atoms with Crippen molar-refractivity contribution in [3.8, 4) is 0 Å². The van der Waals surface area contributed by atoms with Crippen molar-refractivity contribution >= 4 is 8.32 Å². The maximum atomic E-state index is 7.50. The first-order chi connectivity index (χ1) is 14.0. The van der Waals surface area contributed by atoms with E-state index in [1.54, 1.807) is 0 Å². The van der Waals surface area contributed by atoms with Crippen molar-refractivity contribution in [3.05, 3.63) is 51.6 Å². The van der Waals surface area contributed by atoms with E-state index in [1.807, 2.05) is 13.8 Å². The minimum atomic E-state index is -1.93. The molecule has 1 aliphatic carbocycles. The number of ether oxygens (including phenoxy) is 3. The first-order valence-electron chi connectivity index (χ1n) is 9.49. The van der Waals surface area contributed by atoms with E-state index < -0.39 is 14.1 Å². The average molecular weight is 532 g/mol. The molecule has 0 unspecified atom stereocenters. The van der Waals surface area contributed by atoms with Crippen LogP contribution in [0.4, 0.5) is 0 Å². The summed E-state index contributed by atoms with van der Waals surface area (Å²) >= 11 is 0. The summed E-state index contributed by atoms with van der Waals surface area (Å²) in [4.78, 5) is 0. The summed E-state index contributed by atoms with van der Waals surface area (Å²) in [7, 11) is -1.93. The van der Waals surface area contributed by atoms with Crippen molar-refractivity contribution in [2.45, 2.75) is 89.6 Å². The van der Waals surface area contributed by atoms with Gasteiger partial charge in [-0.3, -0.25) is 0 Å². The van der Waals surface area contributed by atoms with Crippen LogP contribution in [0.25, 0.3) is 0 Å². The van der Waals surface area contributed by atoms with Crippen molar-refractivity contribution in [2.75, 3.05) is 0 Å². The Morgan fingerprint density at radius 3 is 1.94 bits per heavy atom. The summed E-state index contributed by atoms with van der Waals surface area (Å²) in [6.07, 6.45) is 8.59. The SMILES string of the molecule is CC1(C)O[C@H]2O[C@H](C[C]3[CH][CH][CH][CH]3)[C@H](O[Si](C)(C)C(C)(C)C)[C@H]2O1.[C-]#[O+].[C-]#[O+].[C-]#[O+].[Mo]. The van der Waals surface area contributed by atoms with Crippen molar-refractivity contribution in [2.24, 2.45) is 0 Å². The van der Waals surface area contributed by atoms with Crippen molar-refractivity contribution in [1.82, 2.24) is 0 Å². The Labute approximate surface area is 202 Å². The molecule has 2 aliphatic heterocycles. The van der Waals surface area contributed by atoms with E-state index in [0.29, 0.717) is 0 Å². The third-order valence-electron chi connectivity index (χ3n) is 5.49. The summed E-state index contributed by atoms with van der Waals surface area (Å²) in [6, 6.07) is 0. The molecular formula is C22H31MoO7Si. The van der Waals surface area contributed by atoms with E-state index in [2.05, 4.69) is 79.5 Å². The molecule has 3 fully saturated rings. The molecule has 0 aromatic heterocycles. The minimum absolute atomic E-state index is 0. The van der Waals surface area contributed by atoms with E-state index in [0.717, 1.165) is 6.42 Å². The van der Waals surface area contributed by atoms with Gasteiger partial charge < -0.3 is 18.6 Å². The van der Waals surface area contributed by atoms with Gasteiger partial charge in [0.2, 0.25) is 0 Å². The van der Waals surface area contributed by atoms with Crippen LogP contribution in [-0.2, 0) is 53.7 Å². The average Bonchev–Trinajstić information content (AvgIpc) is 3.37. The monoisotopic (exact) mass is 533 g/mol. The van der Waals surface area contributed by atoms with Gasteiger partial charge in [-0.15, -0.1) is 0 Å². The van der Waals surface area contributed by atoms with Gasteiger partial charge >= 0.3 is 33.9 Å². The van der Waals surface area contributed by atoms with Crippen molar-refractivity contribution in [3.63, 3.8) is 0 Å². The Morgan fingerprint density at radius 1 is 1.00 bits per heavy atom. The van der Waals surface area contributed by atoms with Gasteiger partial charge in [0.15, 0.2) is 20.4 Å². The molecule has 5 radical (unpaired) electrons. The predicted molar refractivity (Wildman–Crippen MR) is 108 cm³/mol. The van der Waals surface area contributed by atoms with E-state index in [1.165, 1.54) is 5.92 Å². The van der Waals surface area contributed by atoms with Crippen LogP contribution in [0.5, 0.6) is 0 Å². The second-order valence-corrected chi connectivity index (χ2v) is 13.7. The topological polar surface area (TPSA) is 96.6 Å². The van der Waals surface area contributed by atoms with Crippen molar-refractivity contribution in [1.29, 1.82) is 0 Å². The Balaban J connectivity index is 0. The van der Waals surface area contributed by atoms with Crippen LogP contribution >= 0.6 is 0 Å². The van der Waals surface area contributed by atoms with Crippen LogP contribution in [-0.4, -0.2) is 38.7 Å². The number of rotatable bonds is 4. The Bertz CT molecular complexity index is 562. The normalized spacial score (nSPS) is 28.9. The smallest absolute Gasteiger partial charge is 0 e. The standard InChI is InChI=1S/C19H31O4Si.3CO.Mo/c1-18(2,3)24(6,7)23-15-14(12-13-10-8-9-11-13)20-17-16(15)21-19(4,5)22-17;3*1-2;/h8-11,14-17H,12H2,1-7H3;;;;/t14-,15+,16-,17-;;;;/m1..../s1. The Hall–Kier alpha value is -0.0348. The maximum absolute atomic E-state index is 7.50. The molecule has 31 heavy (non-hydrogen) atoms. The van der Waals surface area contributed by atoms with Crippen LogP contribution in [0, 0.1) is 51.6 Å². The molecular weight excluding hydrogens is 500 g/mol. The van der Waals surface area contributed by atoms with Gasteiger partial charge in [0.1, 0.15) is 12.2 Å². The molecule has 0 spiro atoms. The van der Waals surface area contributed by atoms with E-state index >= 15 is 0 Å². The molecule has 9 heteroatoms. The molecule has 3 aliphatic rings. The largest absolute Gasteiger partial charge is 0 e. The molecule has 171 valence electrons. The van der Waals surface area contributed by atoms with E-state index in [-0.39, 0.29) is 50.7 Å². The maximum Gasteiger partial charge on any atom is 0 e. The summed E-state index contributed by atoms with van der Waals surface area (Å²) in [5, 5.41) is 0.144. The van der Waals surface area contributed by atoms with Crippen LogP contribution in [0.2, 0.25) is 18.1 Å². The van der Waals surface area contributed by atoms with Gasteiger partial charge in [0.25, 0.3) is 0 Å². The predicted octanol–water partition coefficient (Wildman–Crippen LogP) is 3.93. The van der Waals surface area contributed by atoms with Crippen LogP contribution in [0.1, 0.15) is 41.0 Å². The molecule has 2 heterocycles. The molecule has 0 N–H and O–H groups in total. The molecule has 1 saturated carbocycles. The van der Waals surface area contributed by atoms with Gasteiger partial charge in [0.05, 0.1) is 6.10 Å². The zero-order chi connectivity index (χ0) is 23.8. The molecule has 4 atom stereocenters. The van der Waals surface area contributed by atoms with Crippen LogP contribution < -0.4 is 0 Å². The van der Waals surface area contributed by atoms with Gasteiger partial charge in [-0.2, -0.15) is 0 Å².